The Morgan fingerprint density at radius 2 is 1.21 bits per heavy atom. The number of fused-ring (bicyclic) bond motifs is 4. The number of carbonyl (C=O) groups excluding carboxylic acids is 2. The first-order valence-electron chi connectivity index (χ1n) is 13.7. The fourth-order valence-corrected chi connectivity index (χ4v) is 6.88. The highest BCUT2D eigenvalue weighted by molar-refractivity contribution is 7.99. The molecule has 2 heterocycles. The highest BCUT2D eigenvalue weighted by atomic mass is 35.5. The molecule has 43 heavy (non-hydrogen) atoms. The molecule has 6 nitrogen and oxygen atoms in total. The number of carbonyl (C=O) groups is 2. The van der Waals surface area contributed by atoms with E-state index in [-0.39, 0.29) is 11.9 Å². The Balaban J connectivity index is 0.000000173. The van der Waals surface area contributed by atoms with Crippen LogP contribution in [0.15, 0.2) is 114 Å². The molecular weight excluding hydrogens is 600 g/mol. The number of halogens is 1. The molecule has 0 bridgehead atoms. The molecule has 2 aliphatic heterocycles. The zero-order valence-electron chi connectivity index (χ0n) is 23.9. The van der Waals surface area contributed by atoms with Gasteiger partial charge in [-0.3, -0.25) is 4.99 Å². The number of ether oxygens (including phenoxy) is 2. The van der Waals surface area contributed by atoms with Crippen LogP contribution in [0.1, 0.15) is 58.0 Å². The van der Waals surface area contributed by atoms with Gasteiger partial charge in [0.25, 0.3) is 0 Å². The van der Waals surface area contributed by atoms with Gasteiger partial charge in [-0.05, 0) is 61.4 Å². The third kappa shape index (κ3) is 7.04. The standard InChI is InChI=1S/C19H19NO2S.C15H10ClNO2S/c1-3-4-8-15-14-7-5-6-9-17(14)23-18-11-10-13(19(21)22-2)12-16(18)20-15;1-19-15(18)9-6-7-13-11(8-9)17-14(16)10-4-2-3-5-12(10)20-13/h5-7,9-12H,3-4,8H2,1-2H3;2-8H,1H3. The number of methoxy groups -OCH3 is 2. The van der Waals surface area contributed by atoms with Gasteiger partial charge in [0.15, 0.2) is 0 Å². The van der Waals surface area contributed by atoms with Crippen LogP contribution in [0.3, 0.4) is 0 Å². The number of nitrogens with zero attached hydrogens (tertiary/aromatic N) is 2. The molecule has 0 radical (unpaired) electrons. The third-order valence-electron chi connectivity index (χ3n) is 6.75. The lowest BCUT2D eigenvalue weighted by atomic mass is 10.0. The number of aliphatic imine (C=N–C) groups is 2. The highest BCUT2D eigenvalue weighted by Gasteiger charge is 2.19. The third-order valence-corrected chi connectivity index (χ3v) is 9.32. The topological polar surface area (TPSA) is 77.3 Å². The minimum atomic E-state index is -0.383. The molecule has 0 saturated carbocycles. The first-order chi connectivity index (χ1) is 20.9. The summed E-state index contributed by atoms with van der Waals surface area (Å²) in [5.41, 5.74) is 5.72. The average Bonchev–Trinajstić information content (AvgIpc) is 3.29. The largest absolute Gasteiger partial charge is 0.465 e. The molecule has 0 saturated heterocycles. The lowest BCUT2D eigenvalue weighted by molar-refractivity contribution is 0.0592. The molecule has 0 spiro atoms. The van der Waals surface area contributed by atoms with Crippen LogP contribution in [-0.2, 0) is 9.47 Å². The van der Waals surface area contributed by atoms with Crippen molar-refractivity contribution in [2.45, 2.75) is 45.8 Å². The van der Waals surface area contributed by atoms with Crippen molar-refractivity contribution in [3.63, 3.8) is 0 Å². The minimum Gasteiger partial charge on any atom is -0.465 e. The Bertz CT molecular complexity index is 1750. The van der Waals surface area contributed by atoms with E-state index in [1.54, 1.807) is 41.7 Å². The van der Waals surface area contributed by atoms with Crippen molar-refractivity contribution in [3.8, 4) is 0 Å². The van der Waals surface area contributed by atoms with Gasteiger partial charge in [0, 0.05) is 36.4 Å². The lowest BCUT2D eigenvalue weighted by Crippen LogP contribution is -2.02. The van der Waals surface area contributed by atoms with Gasteiger partial charge in [-0.2, -0.15) is 0 Å². The monoisotopic (exact) mass is 628 g/mol. The zero-order valence-corrected chi connectivity index (χ0v) is 26.3. The second kappa shape index (κ2) is 14.1. The van der Waals surface area contributed by atoms with Crippen LogP contribution in [0.25, 0.3) is 0 Å². The molecule has 4 aromatic carbocycles. The second-order valence-electron chi connectivity index (χ2n) is 9.61. The number of unbranched alkanes of at least 4 members (excludes halogenated alkanes) is 1. The summed E-state index contributed by atoms with van der Waals surface area (Å²) in [5, 5.41) is 0.425. The molecule has 0 aliphatic carbocycles. The van der Waals surface area contributed by atoms with Crippen LogP contribution in [-0.4, -0.2) is 37.0 Å². The normalized spacial score (nSPS) is 12.7. The maximum absolute atomic E-state index is 11.8. The Morgan fingerprint density at radius 1 is 0.698 bits per heavy atom. The smallest absolute Gasteiger partial charge is 0.337 e. The number of benzene rings is 4. The van der Waals surface area contributed by atoms with Crippen LogP contribution in [0, 0.1) is 0 Å². The molecule has 0 unspecified atom stereocenters. The van der Waals surface area contributed by atoms with E-state index in [9.17, 15) is 9.59 Å². The molecule has 0 N–H and O–H groups in total. The fraction of sp³-hybridized carbons (Fsp3) is 0.176. The van der Waals surface area contributed by atoms with E-state index in [4.69, 9.17) is 26.1 Å². The van der Waals surface area contributed by atoms with E-state index in [1.165, 1.54) is 24.7 Å². The van der Waals surface area contributed by atoms with Crippen molar-refractivity contribution in [3.05, 3.63) is 107 Å². The van der Waals surface area contributed by atoms with Crippen LogP contribution < -0.4 is 0 Å². The summed E-state index contributed by atoms with van der Waals surface area (Å²) >= 11 is 9.55. The van der Waals surface area contributed by atoms with Crippen molar-refractivity contribution >= 4 is 69.3 Å². The van der Waals surface area contributed by atoms with Crippen molar-refractivity contribution in [2.75, 3.05) is 14.2 Å². The highest BCUT2D eigenvalue weighted by Crippen LogP contribution is 2.42. The van der Waals surface area contributed by atoms with Crippen LogP contribution in [0.2, 0.25) is 0 Å². The van der Waals surface area contributed by atoms with E-state index in [1.807, 2.05) is 42.5 Å². The van der Waals surface area contributed by atoms with Gasteiger partial charge in [0.1, 0.15) is 5.17 Å². The Morgan fingerprint density at radius 3 is 1.77 bits per heavy atom. The first kappa shape index (κ1) is 30.6. The van der Waals surface area contributed by atoms with Gasteiger partial charge in [0.05, 0.1) is 36.7 Å². The van der Waals surface area contributed by atoms with Crippen LogP contribution in [0.5, 0.6) is 0 Å². The van der Waals surface area contributed by atoms with Gasteiger partial charge in [-0.1, -0.05) is 84.9 Å². The Hall–Kier alpha value is -3.85. The summed E-state index contributed by atoms with van der Waals surface area (Å²) in [6, 6.07) is 27.1. The summed E-state index contributed by atoms with van der Waals surface area (Å²) < 4.78 is 9.54. The first-order valence-corrected chi connectivity index (χ1v) is 15.7. The molecule has 4 aromatic rings. The Kier molecular flexibility index (Phi) is 10.0. The van der Waals surface area contributed by atoms with Crippen LogP contribution >= 0.6 is 35.1 Å². The molecule has 6 rings (SSSR count). The molecular formula is C34H29ClN2O4S2. The van der Waals surface area contributed by atoms with E-state index >= 15 is 0 Å². The number of hydrogen-bond donors (Lipinski definition) is 0. The molecule has 0 fully saturated rings. The maximum atomic E-state index is 11.8. The minimum absolute atomic E-state index is 0.329. The summed E-state index contributed by atoms with van der Waals surface area (Å²) in [5.74, 6) is -0.712. The quantitative estimate of drug-likeness (QED) is 0.205. The fourth-order valence-electron chi connectivity index (χ4n) is 4.54. The zero-order chi connectivity index (χ0) is 30.3. The molecule has 0 amide bonds. The maximum Gasteiger partial charge on any atom is 0.337 e. The van der Waals surface area contributed by atoms with E-state index in [0.29, 0.717) is 22.0 Å². The summed E-state index contributed by atoms with van der Waals surface area (Å²) in [6.07, 6.45) is 3.17. The Labute approximate surface area is 264 Å². The second-order valence-corrected chi connectivity index (χ2v) is 12.1. The van der Waals surface area contributed by atoms with E-state index < -0.39 is 0 Å². The van der Waals surface area contributed by atoms with Gasteiger partial charge in [-0.25, -0.2) is 14.6 Å². The van der Waals surface area contributed by atoms with Crippen LogP contribution in [0.4, 0.5) is 11.4 Å². The SMILES string of the molecule is CCCCC1=Nc2cc(C(=O)OC)ccc2Sc2ccccc21.COC(=O)c1ccc2c(c1)N=C(Cl)c1ccccc1S2. The molecule has 9 heteroatoms. The summed E-state index contributed by atoms with van der Waals surface area (Å²) in [4.78, 5) is 36.9. The number of hydrogen-bond acceptors (Lipinski definition) is 8. The van der Waals surface area contributed by atoms with Gasteiger partial charge in [-0.15, -0.1) is 0 Å². The average molecular weight is 629 g/mol. The summed E-state index contributed by atoms with van der Waals surface area (Å²) in [6.45, 7) is 2.18. The van der Waals surface area contributed by atoms with Crippen molar-refractivity contribution in [1.29, 1.82) is 0 Å². The number of rotatable bonds is 5. The molecule has 0 aromatic heterocycles. The van der Waals surface area contributed by atoms with E-state index in [0.717, 1.165) is 50.9 Å². The number of esters is 2. The molecule has 0 atom stereocenters. The van der Waals surface area contributed by atoms with Gasteiger partial charge in [0.2, 0.25) is 0 Å². The predicted molar refractivity (Wildman–Crippen MR) is 174 cm³/mol. The van der Waals surface area contributed by atoms with E-state index in [2.05, 4.69) is 36.2 Å². The molecule has 218 valence electrons. The van der Waals surface area contributed by atoms with Crippen molar-refractivity contribution in [1.82, 2.24) is 0 Å². The molecule has 2 aliphatic rings. The summed E-state index contributed by atoms with van der Waals surface area (Å²) in [7, 11) is 2.75. The lowest BCUT2D eigenvalue weighted by Gasteiger charge is -2.07. The van der Waals surface area contributed by atoms with Crippen molar-refractivity contribution in [2.24, 2.45) is 9.98 Å². The van der Waals surface area contributed by atoms with Crippen molar-refractivity contribution < 1.29 is 19.1 Å². The van der Waals surface area contributed by atoms with Gasteiger partial charge < -0.3 is 9.47 Å². The van der Waals surface area contributed by atoms with Gasteiger partial charge >= 0.3 is 11.9 Å². The predicted octanol–water partition coefficient (Wildman–Crippen LogP) is 9.50.